The van der Waals surface area contributed by atoms with Gasteiger partial charge in [0.1, 0.15) is 12.0 Å². The minimum Gasteiger partial charge on any atom is -0.443 e. The Balaban J connectivity index is 0.00000225. The van der Waals surface area contributed by atoms with Crippen molar-refractivity contribution >= 4 is 41.3 Å². The summed E-state index contributed by atoms with van der Waals surface area (Å²) in [5, 5.41) is 8.84. The van der Waals surface area contributed by atoms with Crippen LogP contribution in [0.3, 0.4) is 0 Å². The predicted molar refractivity (Wildman–Crippen MR) is 115 cm³/mol. The van der Waals surface area contributed by atoms with E-state index in [1.165, 1.54) is 25.7 Å². The molecule has 0 saturated heterocycles. The fourth-order valence-electron chi connectivity index (χ4n) is 3.00. The molecule has 3 rings (SSSR count). The van der Waals surface area contributed by atoms with E-state index in [0.29, 0.717) is 17.9 Å². The fraction of sp³-hybridized carbons (Fsp3) is 0.556. The van der Waals surface area contributed by atoms with E-state index in [-0.39, 0.29) is 24.0 Å². The van der Waals surface area contributed by atoms with E-state index in [0.717, 1.165) is 29.6 Å². The Labute approximate surface area is 170 Å². The topological polar surface area (TPSA) is 62.5 Å². The van der Waals surface area contributed by atoms with Crippen LogP contribution in [0.25, 0.3) is 10.8 Å². The number of nitrogens with one attached hydrogen (secondary N) is 2. The van der Waals surface area contributed by atoms with Gasteiger partial charge in [-0.25, -0.2) is 9.98 Å². The predicted octanol–water partition coefficient (Wildman–Crippen LogP) is 4.66. The second kappa shape index (κ2) is 9.56. The molecule has 0 bridgehead atoms. The molecule has 2 heterocycles. The van der Waals surface area contributed by atoms with Gasteiger partial charge in [0.2, 0.25) is 5.89 Å². The largest absolute Gasteiger partial charge is 0.443 e. The first-order valence-electron chi connectivity index (χ1n) is 8.75. The smallest absolute Gasteiger partial charge is 0.236 e. The number of guanidine groups is 1. The van der Waals surface area contributed by atoms with E-state index in [9.17, 15) is 0 Å². The van der Waals surface area contributed by atoms with Gasteiger partial charge in [0.15, 0.2) is 5.96 Å². The third-order valence-corrected chi connectivity index (χ3v) is 5.68. The number of thiophene rings is 1. The number of aliphatic imine (C=N–C) groups is 1. The SMILES string of the molecule is CCNC(=NCc1coc(-c2cccs2)n1)NCC1(CC)CCC1.I. The Morgan fingerprint density at radius 3 is 2.80 bits per heavy atom. The van der Waals surface area contributed by atoms with Gasteiger partial charge in [-0.3, -0.25) is 0 Å². The Morgan fingerprint density at radius 1 is 1.36 bits per heavy atom. The highest BCUT2D eigenvalue weighted by molar-refractivity contribution is 14.0. The molecule has 2 N–H and O–H groups in total. The van der Waals surface area contributed by atoms with Crippen LogP contribution in [0.5, 0.6) is 0 Å². The van der Waals surface area contributed by atoms with E-state index in [1.54, 1.807) is 17.6 Å². The monoisotopic (exact) mass is 474 g/mol. The molecule has 0 spiro atoms. The average molecular weight is 474 g/mol. The van der Waals surface area contributed by atoms with Gasteiger partial charge < -0.3 is 15.1 Å². The average Bonchev–Trinajstić information content (AvgIpc) is 3.22. The maximum atomic E-state index is 5.55. The maximum Gasteiger partial charge on any atom is 0.236 e. The summed E-state index contributed by atoms with van der Waals surface area (Å²) in [6.07, 6.45) is 6.93. The van der Waals surface area contributed by atoms with Crippen LogP contribution in [0.1, 0.15) is 45.2 Å². The molecule has 0 aromatic carbocycles. The van der Waals surface area contributed by atoms with Crippen molar-refractivity contribution in [2.75, 3.05) is 13.1 Å². The van der Waals surface area contributed by atoms with Crippen LogP contribution in [-0.2, 0) is 6.54 Å². The van der Waals surface area contributed by atoms with Crippen molar-refractivity contribution in [3.63, 3.8) is 0 Å². The van der Waals surface area contributed by atoms with Gasteiger partial charge in [0.25, 0.3) is 0 Å². The molecule has 138 valence electrons. The van der Waals surface area contributed by atoms with Crippen LogP contribution in [0, 0.1) is 5.41 Å². The fourth-order valence-corrected chi connectivity index (χ4v) is 3.65. The van der Waals surface area contributed by atoms with Crippen molar-refractivity contribution in [3.05, 3.63) is 29.5 Å². The third kappa shape index (κ3) is 5.20. The van der Waals surface area contributed by atoms with Gasteiger partial charge in [-0.2, -0.15) is 0 Å². The molecule has 25 heavy (non-hydrogen) atoms. The molecule has 2 aromatic heterocycles. The quantitative estimate of drug-likeness (QED) is 0.348. The molecule has 0 unspecified atom stereocenters. The zero-order valence-corrected chi connectivity index (χ0v) is 18.0. The highest BCUT2D eigenvalue weighted by Crippen LogP contribution is 2.42. The summed E-state index contributed by atoms with van der Waals surface area (Å²) < 4.78 is 5.55. The summed E-state index contributed by atoms with van der Waals surface area (Å²) in [6, 6.07) is 4.01. The minimum absolute atomic E-state index is 0. The molecule has 1 aliphatic carbocycles. The molecule has 1 aliphatic rings. The van der Waals surface area contributed by atoms with E-state index in [1.807, 2.05) is 17.5 Å². The van der Waals surface area contributed by atoms with Gasteiger partial charge in [-0.15, -0.1) is 35.3 Å². The maximum absolute atomic E-state index is 5.55. The summed E-state index contributed by atoms with van der Waals surface area (Å²) in [5.41, 5.74) is 1.32. The number of nitrogens with zero attached hydrogens (tertiary/aromatic N) is 2. The van der Waals surface area contributed by atoms with Crippen LogP contribution < -0.4 is 10.6 Å². The number of rotatable bonds is 7. The Morgan fingerprint density at radius 2 is 2.20 bits per heavy atom. The van der Waals surface area contributed by atoms with Crippen molar-refractivity contribution in [2.24, 2.45) is 10.4 Å². The standard InChI is InChI=1S/C18H26N4OS.HI/c1-3-18(8-6-9-18)13-21-17(19-4-2)20-11-14-12-23-16(22-14)15-7-5-10-24-15;/h5,7,10,12H,3-4,6,8-9,11,13H2,1-2H3,(H2,19,20,21);1H. The Hall–Kier alpha value is -1.09. The molecule has 0 atom stereocenters. The second-order valence-corrected chi connectivity index (χ2v) is 7.32. The van der Waals surface area contributed by atoms with E-state index < -0.39 is 0 Å². The lowest BCUT2D eigenvalue weighted by molar-refractivity contribution is 0.131. The summed E-state index contributed by atoms with van der Waals surface area (Å²) in [4.78, 5) is 10.2. The summed E-state index contributed by atoms with van der Waals surface area (Å²) >= 11 is 1.63. The van der Waals surface area contributed by atoms with Crippen molar-refractivity contribution < 1.29 is 4.42 Å². The van der Waals surface area contributed by atoms with Crippen LogP contribution in [-0.4, -0.2) is 24.0 Å². The van der Waals surface area contributed by atoms with E-state index in [4.69, 9.17) is 4.42 Å². The molecule has 5 nitrogen and oxygen atoms in total. The molecule has 2 aromatic rings. The van der Waals surface area contributed by atoms with E-state index in [2.05, 4.69) is 34.5 Å². The van der Waals surface area contributed by atoms with Crippen LogP contribution >= 0.6 is 35.3 Å². The van der Waals surface area contributed by atoms with Gasteiger partial charge in [0.05, 0.1) is 11.4 Å². The van der Waals surface area contributed by atoms with Crippen molar-refractivity contribution in [3.8, 4) is 10.8 Å². The lowest BCUT2D eigenvalue weighted by atomic mass is 9.67. The molecule has 7 heteroatoms. The molecular formula is C18H27IN4OS. The Bertz CT molecular complexity index is 659. The normalized spacial score (nSPS) is 16.0. The minimum atomic E-state index is 0. The summed E-state index contributed by atoms with van der Waals surface area (Å²) in [7, 11) is 0. The first-order chi connectivity index (χ1) is 11.7. The van der Waals surface area contributed by atoms with Crippen molar-refractivity contribution in [1.82, 2.24) is 15.6 Å². The van der Waals surface area contributed by atoms with Gasteiger partial charge >= 0.3 is 0 Å². The van der Waals surface area contributed by atoms with E-state index >= 15 is 0 Å². The molecule has 0 aliphatic heterocycles. The molecule has 1 saturated carbocycles. The number of aromatic nitrogens is 1. The van der Waals surface area contributed by atoms with Gasteiger partial charge in [-0.05, 0) is 43.0 Å². The molecule has 0 amide bonds. The molecular weight excluding hydrogens is 447 g/mol. The zero-order chi connectivity index (χ0) is 16.8. The molecule has 0 radical (unpaired) electrons. The lowest BCUT2D eigenvalue weighted by Gasteiger charge is -2.41. The van der Waals surface area contributed by atoms with Crippen molar-refractivity contribution in [1.29, 1.82) is 0 Å². The number of hydrogen-bond donors (Lipinski definition) is 2. The Kier molecular flexibility index (Phi) is 7.74. The first kappa shape index (κ1) is 20.2. The highest BCUT2D eigenvalue weighted by Gasteiger charge is 2.34. The van der Waals surface area contributed by atoms with Crippen LogP contribution in [0.4, 0.5) is 0 Å². The second-order valence-electron chi connectivity index (χ2n) is 6.38. The number of halogens is 1. The summed E-state index contributed by atoms with van der Waals surface area (Å²) in [5.74, 6) is 1.53. The van der Waals surface area contributed by atoms with Crippen molar-refractivity contribution in [2.45, 2.75) is 46.1 Å². The van der Waals surface area contributed by atoms with Crippen LogP contribution in [0.2, 0.25) is 0 Å². The first-order valence-corrected chi connectivity index (χ1v) is 9.63. The number of hydrogen-bond acceptors (Lipinski definition) is 4. The van der Waals surface area contributed by atoms with Gasteiger partial charge in [0, 0.05) is 13.1 Å². The zero-order valence-electron chi connectivity index (χ0n) is 14.9. The third-order valence-electron chi connectivity index (χ3n) is 4.82. The highest BCUT2D eigenvalue weighted by atomic mass is 127. The lowest BCUT2D eigenvalue weighted by Crippen LogP contribution is -2.46. The van der Waals surface area contributed by atoms with Crippen LogP contribution in [0.15, 0.2) is 33.2 Å². The number of oxazole rings is 1. The molecule has 1 fully saturated rings. The summed E-state index contributed by atoms with van der Waals surface area (Å²) in [6.45, 7) is 6.73. The van der Waals surface area contributed by atoms with Gasteiger partial charge in [-0.1, -0.05) is 19.4 Å².